The Labute approximate surface area is 168 Å². The van der Waals surface area contributed by atoms with Crippen molar-refractivity contribution in [2.75, 3.05) is 0 Å². The summed E-state index contributed by atoms with van der Waals surface area (Å²) in [5, 5.41) is 10.4. The molecule has 8 heteroatoms. The van der Waals surface area contributed by atoms with Crippen LogP contribution in [0.15, 0.2) is 52.3 Å². The van der Waals surface area contributed by atoms with Gasteiger partial charge in [-0.25, -0.2) is 4.79 Å². The Kier molecular flexibility index (Phi) is 4.71. The Hall–Kier alpha value is -2.31. The fourth-order valence-electron chi connectivity index (χ4n) is 3.44. The number of benzene rings is 2. The minimum atomic E-state index is -4.15. The van der Waals surface area contributed by atoms with E-state index in [1.54, 1.807) is 24.3 Å². The zero-order valence-corrected chi connectivity index (χ0v) is 16.6. The largest absolute Gasteiger partial charge is 0.507 e. The highest BCUT2D eigenvalue weighted by Crippen LogP contribution is 2.47. The average Bonchev–Trinajstić information content (AvgIpc) is 3.26. The summed E-state index contributed by atoms with van der Waals surface area (Å²) in [6.45, 7) is 0. The zero-order valence-electron chi connectivity index (χ0n) is 15.0. The first kappa shape index (κ1) is 19.0. The van der Waals surface area contributed by atoms with E-state index in [9.17, 15) is 18.3 Å². The molecule has 2 aromatic rings. The van der Waals surface area contributed by atoms with Crippen LogP contribution in [-0.4, -0.2) is 22.8 Å². The smallest absolute Gasteiger partial charge is 0.396 e. The summed E-state index contributed by atoms with van der Waals surface area (Å²) in [6, 6.07) is 10.6. The van der Waals surface area contributed by atoms with Crippen molar-refractivity contribution in [2.45, 2.75) is 35.5 Å². The molecule has 2 aliphatic rings. The monoisotopic (exact) mass is 415 g/mol. The van der Waals surface area contributed by atoms with Crippen LogP contribution >= 0.6 is 11.9 Å². The van der Waals surface area contributed by atoms with E-state index in [-0.39, 0.29) is 16.2 Å². The molecule has 0 spiro atoms. The number of phenols is 1. The van der Waals surface area contributed by atoms with Crippen molar-refractivity contribution in [3.05, 3.63) is 53.6 Å². The Morgan fingerprint density at radius 3 is 2.57 bits per heavy atom. The Balaban J connectivity index is 1.65. The number of rotatable bonds is 1. The molecule has 2 aromatic carbocycles. The molecule has 0 radical (unpaired) electrons. The fraction of sp³-hybridized carbons (Fsp3) is 0.250. The summed E-state index contributed by atoms with van der Waals surface area (Å²) < 4.78 is 24.3. The van der Waals surface area contributed by atoms with Crippen LogP contribution in [-0.2, 0) is 10.0 Å². The van der Waals surface area contributed by atoms with Crippen LogP contribution in [0.25, 0.3) is 0 Å². The number of nitrogens with zero attached hydrogens (tertiary/aromatic N) is 1. The normalized spacial score (nSPS) is 23.0. The fourth-order valence-corrected chi connectivity index (χ4v) is 6.70. The summed E-state index contributed by atoms with van der Waals surface area (Å²) >= 11 is 0.727. The van der Waals surface area contributed by atoms with Crippen LogP contribution in [0.4, 0.5) is 0 Å². The van der Waals surface area contributed by atoms with Crippen molar-refractivity contribution in [1.29, 1.82) is 0 Å². The SMILES string of the molecule is N[N+]1(C(=O)c2ccc(C#CC3CCCC3)cc2O)Sc2ccccc2S1(=O)=O. The van der Waals surface area contributed by atoms with Crippen molar-refractivity contribution < 1.29 is 21.7 Å². The second-order valence-corrected chi connectivity index (χ2v) is 10.3. The zero-order chi connectivity index (χ0) is 19.9. The minimum Gasteiger partial charge on any atom is -0.507 e. The number of hydrogen-bond acceptors (Lipinski definition) is 6. The topological polar surface area (TPSA) is 97.5 Å². The second kappa shape index (κ2) is 6.94. The number of sulfonamides is 1. The molecular weight excluding hydrogens is 396 g/mol. The van der Waals surface area contributed by atoms with Crippen molar-refractivity contribution in [3.63, 3.8) is 0 Å². The van der Waals surface area contributed by atoms with Gasteiger partial charge in [-0.1, -0.05) is 36.8 Å². The first-order valence-corrected chi connectivity index (χ1v) is 11.2. The number of phenolic OH excluding ortho intramolecular Hbond substituents is 1. The molecule has 4 rings (SSSR count). The lowest BCUT2D eigenvalue weighted by Crippen LogP contribution is -2.54. The third-order valence-corrected chi connectivity index (χ3v) is 8.73. The maximum absolute atomic E-state index is 13.0. The van der Waals surface area contributed by atoms with Crippen molar-refractivity contribution in [2.24, 2.45) is 11.8 Å². The van der Waals surface area contributed by atoms with Crippen LogP contribution < -0.4 is 5.84 Å². The lowest BCUT2D eigenvalue weighted by Gasteiger charge is -2.20. The Morgan fingerprint density at radius 2 is 1.89 bits per heavy atom. The van der Waals surface area contributed by atoms with Crippen molar-refractivity contribution in [1.82, 2.24) is 0 Å². The summed E-state index contributed by atoms with van der Waals surface area (Å²) in [6.07, 6.45) is 4.53. The quantitative estimate of drug-likeness (QED) is 0.244. The van der Waals surface area contributed by atoms with E-state index in [4.69, 9.17) is 5.84 Å². The molecule has 144 valence electrons. The number of carbonyl (C=O) groups excluding carboxylic acids is 1. The predicted octanol–water partition coefficient (Wildman–Crippen LogP) is 3.17. The van der Waals surface area contributed by atoms with Gasteiger partial charge in [0.2, 0.25) is 0 Å². The molecule has 1 saturated carbocycles. The number of fused-ring (bicyclic) bond motifs is 1. The lowest BCUT2D eigenvalue weighted by atomic mass is 10.1. The van der Waals surface area contributed by atoms with Gasteiger partial charge in [-0.3, -0.25) is 0 Å². The molecule has 1 heterocycles. The van der Waals surface area contributed by atoms with Gasteiger partial charge < -0.3 is 5.11 Å². The average molecular weight is 416 g/mol. The standard InChI is InChI=1S/C20H18N2O4S2/c21-22(27-18-7-3-4-8-19(18)28(22,25)26)20(24)16-12-11-15(13-17(16)23)10-9-14-5-1-2-6-14/h3-4,7-8,11-14H,1-2,5-6,21H2/p+1. The molecular formula is C20H19N2O4S2+. The van der Waals surface area contributed by atoms with Gasteiger partial charge in [0.15, 0.2) is 11.9 Å². The molecule has 1 aliphatic heterocycles. The van der Waals surface area contributed by atoms with E-state index >= 15 is 0 Å². The number of hydrogen-bond donors (Lipinski definition) is 2. The van der Waals surface area contributed by atoms with Gasteiger partial charge in [0.25, 0.3) is 0 Å². The molecule has 28 heavy (non-hydrogen) atoms. The van der Waals surface area contributed by atoms with Crippen LogP contribution in [0, 0.1) is 17.8 Å². The maximum Gasteiger partial charge on any atom is 0.396 e. The van der Waals surface area contributed by atoms with Crippen LogP contribution in [0.3, 0.4) is 0 Å². The minimum absolute atomic E-state index is 0.00869. The van der Waals surface area contributed by atoms with Crippen molar-refractivity contribution in [3.8, 4) is 17.6 Å². The summed E-state index contributed by atoms with van der Waals surface area (Å²) in [5.41, 5.74) is 0.419. The van der Waals surface area contributed by atoms with Gasteiger partial charge in [0.05, 0.1) is 4.90 Å². The first-order valence-electron chi connectivity index (χ1n) is 8.94. The lowest BCUT2D eigenvalue weighted by molar-refractivity contribution is -0.575. The second-order valence-electron chi connectivity index (χ2n) is 6.90. The molecule has 1 unspecified atom stereocenters. The van der Waals surface area contributed by atoms with E-state index in [1.807, 2.05) is 0 Å². The predicted molar refractivity (Wildman–Crippen MR) is 105 cm³/mol. The molecule has 0 saturated heterocycles. The maximum atomic E-state index is 13.0. The van der Waals surface area contributed by atoms with Crippen LogP contribution in [0.2, 0.25) is 0 Å². The number of aromatic hydroxyl groups is 1. The van der Waals surface area contributed by atoms with Gasteiger partial charge in [0.1, 0.15) is 16.2 Å². The highest BCUT2D eigenvalue weighted by Gasteiger charge is 2.58. The van der Waals surface area contributed by atoms with E-state index < -0.39 is 19.3 Å². The molecule has 1 fully saturated rings. The molecule has 1 aliphatic carbocycles. The molecule has 1 amide bonds. The first-order chi connectivity index (χ1) is 13.3. The molecule has 0 bridgehead atoms. The highest BCUT2D eigenvalue weighted by molar-refractivity contribution is 8.06. The highest BCUT2D eigenvalue weighted by atomic mass is 32.3. The molecule has 3 N–H and O–H groups in total. The van der Waals surface area contributed by atoms with Crippen LogP contribution in [0.5, 0.6) is 5.75 Å². The Morgan fingerprint density at radius 1 is 1.18 bits per heavy atom. The summed E-state index contributed by atoms with van der Waals surface area (Å²) in [7, 11) is -4.15. The van der Waals surface area contributed by atoms with Gasteiger partial charge >= 0.3 is 15.9 Å². The third kappa shape index (κ3) is 3.01. The molecule has 1 atom stereocenters. The van der Waals surface area contributed by atoms with Gasteiger partial charge in [-0.05, 0) is 46.6 Å². The van der Waals surface area contributed by atoms with E-state index in [0.717, 1.165) is 24.8 Å². The number of carbonyl (C=O) groups is 1. The molecule has 0 aromatic heterocycles. The Bertz CT molecular complexity index is 1130. The van der Waals surface area contributed by atoms with Gasteiger partial charge in [-0.2, -0.15) is 8.42 Å². The van der Waals surface area contributed by atoms with E-state index in [0.29, 0.717) is 16.4 Å². The number of nitrogens with two attached hydrogens (primary N) is 1. The van der Waals surface area contributed by atoms with Gasteiger partial charge in [0, 0.05) is 11.5 Å². The summed E-state index contributed by atoms with van der Waals surface area (Å²) in [5.74, 6) is 11.4. The number of amides is 1. The van der Waals surface area contributed by atoms with E-state index in [1.165, 1.54) is 31.0 Å². The summed E-state index contributed by atoms with van der Waals surface area (Å²) in [4.78, 5) is 13.4. The van der Waals surface area contributed by atoms with Gasteiger partial charge in [-0.15, -0.1) is 5.84 Å². The number of quaternary nitrogens is 1. The molecule has 6 nitrogen and oxygen atoms in total. The van der Waals surface area contributed by atoms with E-state index in [2.05, 4.69) is 11.8 Å². The van der Waals surface area contributed by atoms with Crippen LogP contribution in [0.1, 0.15) is 41.6 Å². The third-order valence-electron chi connectivity index (χ3n) is 5.01. The van der Waals surface area contributed by atoms with Crippen molar-refractivity contribution >= 4 is 27.9 Å².